The van der Waals surface area contributed by atoms with Gasteiger partial charge in [-0.1, -0.05) is 19.1 Å². The molecule has 0 heterocycles. The lowest BCUT2D eigenvalue weighted by atomic mass is 10.1. The Kier molecular flexibility index (Phi) is 7.18. The van der Waals surface area contributed by atoms with Gasteiger partial charge in [-0.2, -0.15) is 4.31 Å². The lowest BCUT2D eigenvalue weighted by molar-refractivity contribution is -0.142. The van der Waals surface area contributed by atoms with Crippen molar-refractivity contribution in [2.75, 3.05) is 19.7 Å². The normalized spacial score (nSPS) is 11.4. The molecule has 1 N–H and O–H groups in total. The third kappa shape index (κ3) is 5.65. The summed E-state index contributed by atoms with van der Waals surface area (Å²) in [7, 11) is -3.93. The largest absolute Gasteiger partial charge is 0.480 e. The second-order valence-electron chi connectivity index (χ2n) is 4.86. The van der Waals surface area contributed by atoms with Crippen molar-refractivity contribution in [3.8, 4) is 0 Å². The van der Waals surface area contributed by atoms with Crippen molar-refractivity contribution >= 4 is 22.0 Å². The van der Waals surface area contributed by atoms with Crippen LogP contribution in [-0.2, 0) is 30.8 Å². The van der Waals surface area contributed by atoms with Crippen molar-refractivity contribution < 1.29 is 27.9 Å². The molecule has 1 rings (SSSR count). The number of rotatable bonds is 9. The van der Waals surface area contributed by atoms with Crippen molar-refractivity contribution in [3.63, 3.8) is 0 Å². The van der Waals surface area contributed by atoms with E-state index in [4.69, 9.17) is 9.84 Å². The van der Waals surface area contributed by atoms with Crippen LogP contribution >= 0.6 is 0 Å². The molecule has 0 radical (unpaired) electrons. The van der Waals surface area contributed by atoms with Gasteiger partial charge in [0.25, 0.3) is 0 Å². The molecule has 0 aliphatic carbocycles. The molecule has 0 aromatic heterocycles. The zero-order valence-corrected chi connectivity index (χ0v) is 14.0. The Labute approximate surface area is 135 Å². The van der Waals surface area contributed by atoms with E-state index in [1.165, 1.54) is 18.2 Å². The summed E-state index contributed by atoms with van der Waals surface area (Å²) in [6.45, 7) is 3.21. The van der Waals surface area contributed by atoms with Crippen LogP contribution in [0.5, 0.6) is 0 Å². The summed E-state index contributed by atoms with van der Waals surface area (Å²) in [6.07, 6.45) is 0.457. The Bertz CT molecular complexity index is 656. The predicted octanol–water partition coefficient (Wildman–Crippen LogP) is 1.28. The van der Waals surface area contributed by atoms with Crippen LogP contribution in [0.15, 0.2) is 29.2 Å². The van der Waals surface area contributed by atoms with Crippen LogP contribution in [0.2, 0.25) is 0 Å². The van der Waals surface area contributed by atoms with Crippen LogP contribution in [0.3, 0.4) is 0 Å². The van der Waals surface area contributed by atoms with Gasteiger partial charge < -0.3 is 9.84 Å². The minimum atomic E-state index is -3.93. The fourth-order valence-corrected chi connectivity index (χ4v) is 3.58. The van der Waals surface area contributed by atoms with Gasteiger partial charge in [-0.3, -0.25) is 9.59 Å². The topological polar surface area (TPSA) is 101 Å². The smallest absolute Gasteiger partial charge is 0.318 e. The average molecular weight is 343 g/mol. The van der Waals surface area contributed by atoms with Gasteiger partial charge in [0.2, 0.25) is 10.0 Å². The van der Waals surface area contributed by atoms with Crippen LogP contribution in [-0.4, -0.2) is 49.5 Å². The minimum Gasteiger partial charge on any atom is -0.480 e. The number of sulfonamides is 1. The van der Waals surface area contributed by atoms with Gasteiger partial charge in [0, 0.05) is 6.54 Å². The van der Waals surface area contributed by atoms with E-state index in [1.807, 2.05) is 0 Å². The third-order valence-electron chi connectivity index (χ3n) is 2.97. The first-order valence-electron chi connectivity index (χ1n) is 7.27. The van der Waals surface area contributed by atoms with Gasteiger partial charge in [-0.15, -0.1) is 0 Å². The molecule has 0 amide bonds. The van der Waals surface area contributed by atoms with E-state index in [9.17, 15) is 18.0 Å². The standard InChI is InChI=1S/C15H21NO6S/c1-3-8-16(11-14(17)18)23(20,21)13-7-5-6-12(9-13)10-15(19)22-4-2/h5-7,9H,3-4,8,10-11H2,1-2H3,(H,17,18). The number of carbonyl (C=O) groups excluding carboxylic acids is 1. The molecule has 0 aliphatic rings. The highest BCUT2D eigenvalue weighted by molar-refractivity contribution is 7.89. The second kappa shape index (κ2) is 8.64. The van der Waals surface area contributed by atoms with E-state index < -0.39 is 28.5 Å². The number of nitrogens with zero attached hydrogens (tertiary/aromatic N) is 1. The Hall–Kier alpha value is -1.93. The van der Waals surface area contributed by atoms with Gasteiger partial charge in [-0.25, -0.2) is 8.42 Å². The van der Waals surface area contributed by atoms with E-state index in [0.717, 1.165) is 4.31 Å². The Morgan fingerprint density at radius 3 is 2.52 bits per heavy atom. The molecule has 0 aliphatic heterocycles. The maximum absolute atomic E-state index is 12.6. The third-order valence-corrected chi connectivity index (χ3v) is 4.82. The Morgan fingerprint density at radius 1 is 1.26 bits per heavy atom. The first-order chi connectivity index (χ1) is 10.8. The molecule has 128 valence electrons. The summed E-state index contributed by atoms with van der Waals surface area (Å²) >= 11 is 0. The average Bonchev–Trinajstić information content (AvgIpc) is 2.47. The van der Waals surface area contributed by atoms with Crippen molar-refractivity contribution in [2.24, 2.45) is 0 Å². The molecule has 0 saturated carbocycles. The van der Waals surface area contributed by atoms with Crippen molar-refractivity contribution in [2.45, 2.75) is 31.6 Å². The number of carbonyl (C=O) groups is 2. The van der Waals surface area contributed by atoms with Crippen molar-refractivity contribution in [3.05, 3.63) is 29.8 Å². The van der Waals surface area contributed by atoms with Crippen LogP contribution in [0.4, 0.5) is 0 Å². The quantitative estimate of drug-likeness (QED) is 0.678. The molecule has 0 fully saturated rings. The van der Waals surface area contributed by atoms with E-state index in [0.29, 0.717) is 12.0 Å². The minimum absolute atomic E-state index is 0.0333. The van der Waals surface area contributed by atoms with Gasteiger partial charge in [0.05, 0.1) is 17.9 Å². The lowest BCUT2D eigenvalue weighted by Crippen LogP contribution is -2.36. The van der Waals surface area contributed by atoms with Crippen LogP contribution in [0, 0.1) is 0 Å². The fourth-order valence-electron chi connectivity index (χ4n) is 2.03. The van der Waals surface area contributed by atoms with Gasteiger partial charge in [-0.05, 0) is 31.0 Å². The molecule has 0 bridgehead atoms. The molecular weight excluding hydrogens is 322 g/mol. The molecule has 0 unspecified atom stereocenters. The van der Waals surface area contributed by atoms with E-state index >= 15 is 0 Å². The summed E-state index contributed by atoms with van der Waals surface area (Å²) in [4.78, 5) is 22.3. The van der Waals surface area contributed by atoms with E-state index in [-0.39, 0.29) is 24.5 Å². The summed E-state index contributed by atoms with van der Waals surface area (Å²) in [5, 5.41) is 8.89. The number of hydrogen-bond donors (Lipinski definition) is 1. The first kappa shape index (κ1) is 19.1. The van der Waals surface area contributed by atoms with Crippen molar-refractivity contribution in [1.82, 2.24) is 4.31 Å². The number of ether oxygens (including phenoxy) is 1. The highest BCUT2D eigenvalue weighted by Crippen LogP contribution is 2.18. The predicted molar refractivity (Wildman–Crippen MR) is 83.5 cm³/mol. The number of aliphatic carboxylic acids is 1. The van der Waals surface area contributed by atoms with Gasteiger partial charge in [0.1, 0.15) is 6.54 Å². The first-order valence-corrected chi connectivity index (χ1v) is 8.71. The Balaban J connectivity index is 3.07. The van der Waals surface area contributed by atoms with Crippen LogP contribution in [0.25, 0.3) is 0 Å². The molecule has 23 heavy (non-hydrogen) atoms. The number of carboxylic acid groups (broad SMARTS) is 1. The van der Waals surface area contributed by atoms with E-state index in [1.54, 1.807) is 19.9 Å². The van der Waals surface area contributed by atoms with Crippen LogP contribution < -0.4 is 0 Å². The summed E-state index contributed by atoms with van der Waals surface area (Å²) in [5.41, 5.74) is 0.497. The molecule has 0 saturated heterocycles. The number of hydrogen-bond acceptors (Lipinski definition) is 5. The molecule has 1 aromatic carbocycles. The highest BCUT2D eigenvalue weighted by Gasteiger charge is 2.26. The number of carboxylic acids is 1. The fraction of sp³-hybridized carbons (Fsp3) is 0.467. The molecule has 0 atom stereocenters. The second-order valence-corrected chi connectivity index (χ2v) is 6.80. The highest BCUT2D eigenvalue weighted by atomic mass is 32.2. The SMILES string of the molecule is CCCN(CC(=O)O)S(=O)(=O)c1cccc(CC(=O)OCC)c1. The maximum atomic E-state index is 12.6. The molecule has 0 spiro atoms. The molecular formula is C15H21NO6S. The molecule has 7 nitrogen and oxygen atoms in total. The van der Waals surface area contributed by atoms with E-state index in [2.05, 4.69) is 0 Å². The van der Waals surface area contributed by atoms with Crippen molar-refractivity contribution in [1.29, 1.82) is 0 Å². The van der Waals surface area contributed by atoms with Gasteiger partial charge >= 0.3 is 11.9 Å². The molecule has 1 aromatic rings. The number of benzene rings is 1. The zero-order valence-electron chi connectivity index (χ0n) is 13.2. The summed E-state index contributed by atoms with van der Waals surface area (Å²) < 4.78 is 30.9. The zero-order chi connectivity index (χ0) is 17.5. The van der Waals surface area contributed by atoms with Gasteiger partial charge in [0.15, 0.2) is 0 Å². The summed E-state index contributed by atoms with van der Waals surface area (Å²) in [5.74, 6) is -1.66. The maximum Gasteiger partial charge on any atom is 0.318 e. The number of esters is 1. The lowest BCUT2D eigenvalue weighted by Gasteiger charge is -2.20. The Morgan fingerprint density at radius 2 is 1.96 bits per heavy atom. The monoisotopic (exact) mass is 343 g/mol. The molecule has 8 heteroatoms. The summed E-state index contributed by atoms with van der Waals surface area (Å²) in [6, 6.07) is 5.90. The van der Waals surface area contributed by atoms with Crippen LogP contribution in [0.1, 0.15) is 25.8 Å².